The Morgan fingerprint density at radius 2 is 1.47 bits per heavy atom. The highest BCUT2D eigenvalue weighted by Gasteiger charge is 2.21. The minimum Gasteiger partial charge on any atom is -0.322 e. The van der Waals surface area contributed by atoms with Crippen LogP contribution in [0.4, 0.5) is 11.4 Å². The highest BCUT2D eigenvalue weighted by molar-refractivity contribution is 8.00. The monoisotopic (exact) mass is 495 g/mol. The molecule has 36 heavy (non-hydrogen) atoms. The number of para-hydroxylation sites is 2. The molecular formula is C28H21N3O4S. The van der Waals surface area contributed by atoms with Gasteiger partial charge in [0.15, 0.2) is 0 Å². The Labute approximate surface area is 210 Å². The van der Waals surface area contributed by atoms with Gasteiger partial charge in [-0.1, -0.05) is 42.5 Å². The van der Waals surface area contributed by atoms with Crippen molar-refractivity contribution in [2.75, 3.05) is 5.32 Å². The summed E-state index contributed by atoms with van der Waals surface area (Å²) in [6, 6.07) is 28.5. The first-order valence-corrected chi connectivity index (χ1v) is 12.2. The Morgan fingerprint density at radius 3 is 2.08 bits per heavy atom. The van der Waals surface area contributed by atoms with Gasteiger partial charge in [0, 0.05) is 39.1 Å². The largest absolute Gasteiger partial charge is 0.322 e. The number of benzene rings is 4. The number of hydrogen-bond acceptors (Lipinski definition) is 5. The van der Waals surface area contributed by atoms with Crippen LogP contribution in [0.25, 0.3) is 21.8 Å². The van der Waals surface area contributed by atoms with Crippen LogP contribution >= 0.6 is 11.8 Å². The van der Waals surface area contributed by atoms with E-state index in [0.29, 0.717) is 5.69 Å². The molecule has 4 aromatic carbocycles. The molecule has 1 unspecified atom stereocenters. The molecule has 0 aliphatic carbocycles. The fourth-order valence-electron chi connectivity index (χ4n) is 4.18. The number of carbonyl (C=O) groups excluding carboxylic acids is 2. The van der Waals surface area contributed by atoms with Gasteiger partial charge < -0.3 is 5.32 Å². The number of amides is 1. The van der Waals surface area contributed by atoms with Crippen LogP contribution in [0.15, 0.2) is 102 Å². The number of rotatable bonds is 6. The van der Waals surface area contributed by atoms with Crippen LogP contribution in [0.1, 0.15) is 22.1 Å². The molecule has 0 aliphatic rings. The lowest BCUT2D eigenvalue weighted by Crippen LogP contribution is -2.21. The van der Waals surface area contributed by atoms with E-state index in [1.165, 1.54) is 36.0 Å². The molecule has 1 aromatic heterocycles. The molecular weight excluding hydrogens is 474 g/mol. The summed E-state index contributed by atoms with van der Waals surface area (Å²) >= 11 is 1.44. The number of nitrogens with zero attached hydrogens (tertiary/aromatic N) is 2. The first-order chi connectivity index (χ1) is 17.4. The van der Waals surface area contributed by atoms with Gasteiger partial charge in [-0.3, -0.25) is 24.3 Å². The number of fused-ring (bicyclic) bond motifs is 3. The molecule has 1 heterocycles. The first kappa shape index (κ1) is 23.3. The van der Waals surface area contributed by atoms with Crippen molar-refractivity contribution in [3.8, 4) is 0 Å². The molecule has 5 rings (SSSR count). The van der Waals surface area contributed by atoms with Gasteiger partial charge in [0.25, 0.3) is 11.6 Å². The summed E-state index contributed by atoms with van der Waals surface area (Å²) in [4.78, 5) is 37.3. The molecule has 0 radical (unpaired) electrons. The molecule has 1 N–H and O–H groups in total. The summed E-state index contributed by atoms with van der Waals surface area (Å²) < 4.78 is 1.79. The second-order valence-electron chi connectivity index (χ2n) is 8.25. The molecule has 178 valence electrons. The van der Waals surface area contributed by atoms with E-state index in [4.69, 9.17) is 0 Å². The molecule has 8 heteroatoms. The fourth-order valence-corrected chi connectivity index (χ4v) is 5.08. The summed E-state index contributed by atoms with van der Waals surface area (Å²) in [5.41, 5.74) is 2.38. The van der Waals surface area contributed by atoms with Crippen molar-refractivity contribution in [2.24, 2.45) is 0 Å². The first-order valence-electron chi connectivity index (χ1n) is 11.3. The smallest absolute Gasteiger partial charge is 0.270 e. The summed E-state index contributed by atoms with van der Waals surface area (Å²) in [6.45, 7) is 1.88. The standard InChI is InChI=1S/C28H21N3O4S/c1-18(28(33)30-25-11-4-2-9-23(25)24-10-3-5-12-26(24)30)36-22-15-13-20(14-16-22)29-27(32)19-7-6-8-21(17-19)31(34)35/h2-18H,1H3,(H,29,32). The topological polar surface area (TPSA) is 94.2 Å². The molecule has 1 amide bonds. The van der Waals surface area contributed by atoms with Crippen LogP contribution in [0.5, 0.6) is 0 Å². The third-order valence-electron chi connectivity index (χ3n) is 5.89. The molecule has 1 atom stereocenters. The quantitative estimate of drug-likeness (QED) is 0.159. The van der Waals surface area contributed by atoms with E-state index < -0.39 is 10.8 Å². The van der Waals surface area contributed by atoms with Gasteiger partial charge in [0.1, 0.15) is 0 Å². The average molecular weight is 496 g/mol. The van der Waals surface area contributed by atoms with Crippen molar-refractivity contribution in [2.45, 2.75) is 17.1 Å². The Morgan fingerprint density at radius 1 is 0.861 bits per heavy atom. The van der Waals surface area contributed by atoms with Crippen LogP contribution < -0.4 is 5.32 Å². The van der Waals surface area contributed by atoms with Gasteiger partial charge in [-0.05, 0) is 49.4 Å². The summed E-state index contributed by atoms with van der Waals surface area (Å²) in [5.74, 6) is -0.450. The van der Waals surface area contributed by atoms with Gasteiger partial charge >= 0.3 is 0 Å². The van der Waals surface area contributed by atoms with Gasteiger partial charge in [0.2, 0.25) is 5.91 Å². The number of nitro groups is 1. The van der Waals surface area contributed by atoms with E-state index in [0.717, 1.165) is 26.7 Å². The number of carbonyl (C=O) groups is 2. The number of thioether (sulfide) groups is 1. The zero-order valence-corrected chi connectivity index (χ0v) is 20.1. The Kier molecular flexibility index (Phi) is 6.26. The maximum absolute atomic E-state index is 13.5. The van der Waals surface area contributed by atoms with Crippen molar-refractivity contribution >= 4 is 56.8 Å². The van der Waals surface area contributed by atoms with E-state index >= 15 is 0 Å². The summed E-state index contributed by atoms with van der Waals surface area (Å²) in [5, 5.41) is 15.4. The van der Waals surface area contributed by atoms with Crippen LogP contribution in [0.3, 0.4) is 0 Å². The predicted molar refractivity (Wildman–Crippen MR) is 143 cm³/mol. The number of nitro benzene ring substituents is 1. The van der Waals surface area contributed by atoms with E-state index in [2.05, 4.69) is 5.32 Å². The maximum Gasteiger partial charge on any atom is 0.270 e. The Balaban J connectivity index is 1.31. The lowest BCUT2D eigenvalue weighted by molar-refractivity contribution is -0.384. The zero-order valence-electron chi connectivity index (χ0n) is 19.3. The number of anilines is 1. The molecule has 7 nitrogen and oxygen atoms in total. The lowest BCUT2D eigenvalue weighted by atomic mass is 10.2. The third kappa shape index (κ3) is 4.46. The van der Waals surface area contributed by atoms with Crippen LogP contribution in [0, 0.1) is 10.1 Å². The zero-order chi connectivity index (χ0) is 25.2. The molecule has 5 aromatic rings. The van der Waals surface area contributed by atoms with Gasteiger partial charge in [-0.2, -0.15) is 0 Å². The Bertz CT molecular complexity index is 1570. The maximum atomic E-state index is 13.5. The van der Waals surface area contributed by atoms with Crippen LogP contribution in [-0.2, 0) is 0 Å². The van der Waals surface area contributed by atoms with Crippen molar-refractivity contribution in [3.63, 3.8) is 0 Å². The molecule has 0 aliphatic heterocycles. The van der Waals surface area contributed by atoms with Crippen LogP contribution in [-0.4, -0.2) is 26.6 Å². The van der Waals surface area contributed by atoms with Gasteiger partial charge in [-0.25, -0.2) is 0 Å². The van der Waals surface area contributed by atoms with Gasteiger partial charge in [0.05, 0.1) is 21.2 Å². The normalized spacial score (nSPS) is 11.9. The van der Waals surface area contributed by atoms with Crippen molar-refractivity contribution in [1.29, 1.82) is 0 Å². The van der Waals surface area contributed by atoms with E-state index in [1.807, 2.05) is 67.6 Å². The van der Waals surface area contributed by atoms with Crippen molar-refractivity contribution in [1.82, 2.24) is 4.57 Å². The van der Waals surface area contributed by atoms with Crippen molar-refractivity contribution < 1.29 is 14.5 Å². The van der Waals surface area contributed by atoms with E-state index in [1.54, 1.807) is 16.7 Å². The molecule has 0 saturated heterocycles. The van der Waals surface area contributed by atoms with Gasteiger partial charge in [-0.15, -0.1) is 11.8 Å². The lowest BCUT2D eigenvalue weighted by Gasteiger charge is -2.13. The third-order valence-corrected chi connectivity index (χ3v) is 6.99. The van der Waals surface area contributed by atoms with Crippen molar-refractivity contribution in [3.05, 3.63) is 113 Å². The molecule has 0 saturated carbocycles. The minimum absolute atomic E-state index is 0.0135. The predicted octanol–water partition coefficient (Wildman–Crippen LogP) is 6.78. The van der Waals surface area contributed by atoms with E-state index in [9.17, 15) is 19.7 Å². The number of aromatic nitrogens is 1. The summed E-state index contributed by atoms with van der Waals surface area (Å²) in [6.07, 6.45) is 0. The van der Waals surface area contributed by atoms with E-state index in [-0.39, 0.29) is 22.4 Å². The number of hydrogen-bond donors (Lipinski definition) is 1. The second-order valence-corrected chi connectivity index (χ2v) is 9.67. The fraction of sp³-hybridized carbons (Fsp3) is 0.0714. The molecule has 0 fully saturated rings. The second kappa shape index (κ2) is 9.67. The SMILES string of the molecule is CC(Sc1ccc(NC(=O)c2cccc([N+](=O)[O-])c2)cc1)C(=O)n1c2ccccc2c2ccccc21. The minimum atomic E-state index is -0.537. The highest BCUT2D eigenvalue weighted by Crippen LogP contribution is 2.32. The molecule has 0 spiro atoms. The van der Waals surface area contributed by atoms with Crippen LogP contribution in [0.2, 0.25) is 0 Å². The number of nitrogens with one attached hydrogen (secondary N) is 1. The Hall–Kier alpha value is -4.43. The number of non-ortho nitro benzene ring substituents is 1. The molecule has 0 bridgehead atoms. The highest BCUT2D eigenvalue weighted by atomic mass is 32.2. The summed E-state index contributed by atoms with van der Waals surface area (Å²) in [7, 11) is 0. The average Bonchev–Trinajstić information content (AvgIpc) is 3.24.